The number of allylic oxidation sites excluding steroid dienone is 5. The summed E-state index contributed by atoms with van der Waals surface area (Å²) < 4.78 is 0. The fourth-order valence-electron chi connectivity index (χ4n) is 9.51. The van der Waals surface area contributed by atoms with Gasteiger partial charge in [-0.2, -0.15) is 0 Å². The van der Waals surface area contributed by atoms with Crippen molar-refractivity contribution in [2.45, 2.75) is 347 Å². The second-order valence-corrected chi connectivity index (χ2v) is 20.8. The Morgan fingerprint density at radius 3 is 0.909 bits per heavy atom. The Bertz CT molecular complexity index is 1010. The molecule has 0 rings (SSSR count). The van der Waals surface area contributed by atoms with E-state index in [1.165, 1.54) is 283 Å². The molecule has 0 aromatic rings. The Morgan fingerprint density at radius 2 is 0.621 bits per heavy atom. The van der Waals surface area contributed by atoms with E-state index in [2.05, 4.69) is 43.5 Å². The summed E-state index contributed by atoms with van der Waals surface area (Å²) in [7, 11) is 0. The Balaban J connectivity index is 3.42. The van der Waals surface area contributed by atoms with Crippen LogP contribution in [-0.4, -0.2) is 34.9 Å². The van der Waals surface area contributed by atoms with Gasteiger partial charge in [0.2, 0.25) is 5.91 Å². The fraction of sp³-hybridized carbons (Fsp3) is 0.887. The largest absolute Gasteiger partial charge is 0.394 e. The monoisotopic (exact) mass is 926 g/mol. The van der Waals surface area contributed by atoms with Crippen LogP contribution in [0.5, 0.6) is 0 Å². The summed E-state index contributed by atoms with van der Waals surface area (Å²) in [6, 6.07) is -0.620. The fourth-order valence-corrected chi connectivity index (χ4v) is 9.51. The average Bonchev–Trinajstić information content (AvgIpc) is 3.32. The minimum absolute atomic E-state index is 0.0573. The van der Waals surface area contributed by atoms with Gasteiger partial charge in [-0.25, -0.2) is 0 Å². The zero-order valence-electron chi connectivity index (χ0n) is 45.0. The maximum atomic E-state index is 12.5. The van der Waals surface area contributed by atoms with Gasteiger partial charge >= 0.3 is 0 Å². The molecule has 2 unspecified atom stereocenters. The van der Waals surface area contributed by atoms with Crippen LogP contribution in [0.3, 0.4) is 0 Å². The first-order valence-electron chi connectivity index (χ1n) is 30.2. The van der Waals surface area contributed by atoms with E-state index in [9.17, 15) is 15.0 Å². The molecule has 1 amide bonds. The molecule has 0 spiro atoms. The smallest absolute Gasteiger partial charge is 0.220 e. The number of hydrogen-bond donors (Lipinski definition) is 3. The zero-order valence-corrected chi connectivity index (χ0v) is 45.0. The molecule has 0 saturated heterocycles. The third-order valence-corrected chi connectivity index (χ3v) is 14.1. The summed E-state index contributed by atoms with van der Waals surface area (Å²) in [4.78, 5) is 12.5. The van der Waals surface area contributed by atoms with Crippen LogP contribution in [-0.2, 0) is 4.79 Å². The number of aliphatic hydroxyl groups excluding tert-OH is 2. The molecule has 0 aliphatic heterocycles. The van der Waals surface area contributed by atoms with Gasteiger partial charge in [0.05, 0.1) is 18.8 Å². The first-order chi connectivity index (χ1) is 32.7. The number of nitrogens with one attached hydrogen (secondary N) is 1. The van der Waals surface area contributed by atoms with Gasteiger partial charge in [-0.1, -0.05) is 314 Å². The second-order valence-electron chi connectivity index (χ2n) is 20.8. The quantitative estimate of drug-likeness (QED) is 0.0420. The van der Waals surface area contributed by atoms with Crippen molar-refractivity contribution in [3.63, 3.8) is 0 Å². The van der Waals surface area contributed by atoms with Gasteiger partial charge in [0.15, 0.2) is 0 Å². The molecule has 0 aliphatic rings. The van der Waals surface area contributed by atoms with Crippen molar-refractivity contribution < 1.29 is 15.0 Å². The molecular weight excluding hydrogens is 807 g/mol. The van der Waals surface area contributed by atoms with Crippen molar-refractivity contribution in [3.05, 3.63) is 36.5 Å². The first kappa shape index (κ1) is 64.6. The van der Waals surface area contributed by atoms with Crippen LogP contribution >= 0.6 is 0 Å². The lowest BCUT2D eigenvalue weighted by Crippen LogP contribution is -2.45. The molecule has 4 nitrogen and oxygen atoms in total. The Labute approximate surface area is 414 Å². The first-order valence-corrected chi connectivity index (χ1v) is 30.2. The lowest BCUT2D eigenvalue weighted by molar-refractivity contribution is -0.123. The molecule has 0 heterocycles. The van der Waals surface area contributed by atoms with Crippen LogP contribution in [0.1, 0.15) is 335 Å². The van der Waals surface area contributed by atoms with Crippen molar-refractivity contribution in [2.24, 2.45) is 0 Å². The molecule has 4 heteroatoms. The van der Waals surface area contributed by atoms with Crippen LogP contribution in [0.25, 0.3) is 0 Å². The highest BCUT2D eigenvalue weighted by molar-refractivity contribution is 5.76. The number of aliphatic hydroxyl groups is 2. The van der Waals surface area contributed by atoms with Gasteiger partial charge in [-0.15, -0.1) is 0 Å². The van der Waals surface area contributed by atoms with Gasteiger partial charge in [0.1, 0.15) is 0 Å². The zero-order chi connectivity index (χ0) is 47.7. The summed E-state index contributed by atoms with van der Waals surface area (Å²) in [5.74, 6) is -0.0573. The third kappa shape index (κ3) is 53.6. The van der Waals surface area contributed by atoms with E-state index in [0.717, 1.165) is 32.1 Å². The molecule has 0 radical (unpaired) electrons. The third-order valence-electron chi connectivity index (χ3n) is 14.1. The van der Waals surface area contributed by atoms with Crippen LogP contribution in [0.15, 0.2) is 36.5 Å². The normalized spacial score (nSPS) is 13.0. The molecule has 2 atom stereocenters. The van der Waals surface area contributed by atoms with E-state index in [4.69, 9.17) is 0 Å². The minimum Gasteiger partial charge on any atom is -0.394 e. The topological polar surface area (TPSA) is 69.6 Å². The molecule has 390 valence electrons. The SMILES string of the molecule is CCCCCCC/C=C\C/C=C\CCCCCCCCCCCCCCCCCCCCCCCCCC(=O)NC(CO)C(O)/C=C/CCCCCCCCCCCCCCCCCCC. The number of carbonyl (C=O) groups is 1. The van der Waals surface area contributed by atoms with Crippen molar-refractivity contribution in [2.75, 3.05) is 6.61 Å². The number of unbranched alkanes of at least 4 members (excludes halogenated alkanes) is 45. The summed E-state index contributed by atoms with van der Waals surface area (Å²) in [6.45, 7) is 4.33. The number of carbonyl (C=O) groups excluding carboxylic acids is 1. The Kier molecular flexibility index (Phi) is 56.7. The predicted octanol–water partition coefficient (Wildman–Crippen LogP) is 20.0. The summed E-state index contributed by atoms with van der Waals surface area (Å²) >= 11 is 0. The van der Waals surface area contributed by atoms with E-state index in [0.29, 0.717) is 6.42 Å². The predicted molar refractivity (Wildman–Crippen MR) is 295 cm³/mol. The standard InChI is InChI=1S/C62H119NO3/c1-3-5-7-9-11-13-15-17-19-21-23-24-25-26-27-28-29-30-31-32-33-34-35-36-37-38-40-42-44-46-48-50-52-54-56-58-62(66)63-60(59-64)61(65)57-55-53-51-49-47-45-43-41-39-22-20-18-16-14-12-10-8-6-4-2/h15,17,21,23,55,57,60-61,64-65H,3-14,16,18-20,22,24-54,56,58-59H2,1-2H3,(H,63,66)/b17-15-,23-21-,57-55+. The molecule has 0 aromatic heterocycles. The van der Waals surface area contributed by atoms with Gasteiger partial charge < -0.3 is 15.5 Å². The highest BCUT2D eigenvalue weighted by Crippen LogP contribution is 2.18. The molecule has 66 heavy (non-hydrogen) atoms. The van der Waals surface area contributed by atoms with Gasteiger partial charge in [-0.3, -0.25) is 4.79 Å². The second kappa shape index (κ2) is 57.9. The highest BCUT2D eigenvalue weighted by atomic mass is 16.3. The molecule has 0 aliphatic carbocycles. The van der Waals surface area contributed by atoms with E-state index in [1.807, 2.05) is 6.08 Å². The molecule has 0 saturated carbocycles. The maximum absolute atomic E-state index is 12.5. The Hall–Kier alpha value is -1.39. The van der Waals surface area contributed by atoms with Crippen LogP contribution in [0, 0.1) is 0 Å². The van der Waals surface area contributed by atoms with Gasteiger partial charge in [0.25, 0.3) is 0 Å². The van der Waals surface area contributed by atoms with Gasteiger partial charge in [-0.05, 0) is 51.4 Å². The van der Waals surface area contributed by atoms with E-state index in [1.54, 1.807) is 6.08 Å². The maximum Gasteiger partial charge on any atom is 0.220 e. The van der Waals surface area contributed by atoms with E-state index < -0.39 is 12.1 Å². The molecule has 0 fully saturated rings. The van der Waals surface area contributed by atoms with Crippen LogP contribution in [0.4, 0.5) is 0 Å². The van der Waals surface area contributed by atoms with Crippen molar-refractivity contribution in [1.82, 2.24) is 5.32 Å². The lowest BCUT2D eigenvalue weighted by Gasteiger charge is -2.20. The molecule has 0 bridgehead atoms. The number of rotatable bonds is 56. The number of hydrogen-bond acceptors (Lipinski definition) is 3. The molecule has 3 N–H and O–H groups in total. The van der Waals surface area contributed by atoms with Crippen LogP contribution in [0.2, 0.25) is 0 Å². The molecular formula is C62H119NO3. The highest BCUT2D eigenvalue weighted by Gasteiger charge is 2.18. The van der Waals surface area contributed by atoms with Gasteiger partial charge in [0, 0.05) is 6.42 Å². The molecule has 0 aromatic carbocycles. The summed E-state index contributed by atoms with van der Waals surface area (Å²) in [5, 5.41) is 23.2. The Morgan fingerprint density at radius 1 is 0.364 bits per heavy atom. The number of amides is 1. The average molecular weight is 927 g/mol. The summed E-state index contributed by atoms with van der Waals surface area (Å²) in [5.41, 5.74) is 0. The summed E-state index contributed by atoms with van der Waals surface area (Å²) in [6.07, 6.45) is 79.0. The van der Waals surface area contributed by atoms with E-state index >= 15 is 0 Å². The van der Waals surface area contributed by atoms with E-state index in [-0.39, 0.29) is 12.5 Å². The van der Waals surface area contributed by atoms with Crippen LogP contribution < -0.4 is 5.32 Å². The lowest BCUT2D eigenvalue weighted by atomic mass is 10.0. The van der Waals surface area contributed by atoms with Crippen molar-refractivity contribution in [1.29, 1.82) is 0 Å². The minimum atomic E-state index is -0.837. The van der Waals surface area contributed by atoms with Crippen molar-refractivity contribution in [3.8, 4) is 0 Å². The van der Waals surface area contributed by atoms with Crippen molar-refractivity contribution >= 4 is 5.91 Å².